The second-order valence-corrected chi connectivity index (χ2v) is 9.36. The molecule has 0 fully saturated rings. The van der Waals surface area contributed by atoms with Gasteiger partial charge in [0.15, 0.2) is 0 Å². The van der Waals surface area contributed by atoms with Crippen LogP contribution in [0.5, 0.6) is 0 Å². The van der Waals surface area contributed by atoms with E-state index >= 15 is 0 Å². The van der Waals surface area contributed by atoms with Gasteiger partial charge in [0.25, 0.3) is 5.91 Å². The van der Waals surface area contributed by atoms with Crippen molar-refractivity contribution in [3.63, 3.8) is 0 Å². The van der Waals surface area contributed by atoms with Crippen LogP contribution in [0.4, 0.5) is 0 Å². The van der Waals surface area contributed by atoms with E-state index in [1.54, 1.807) is 0 Å². The lowest BCUT2D eigenvalue weighted by Crippen LogP contribution is -2.25. The van der Waals surface area contributed by atoms with Crippen molar-refractivity contribution >= 4 is 49.1 Å². The number of sulfonamides is 1. The summed E-state index contributed by atoms with van der Waals surface area (Å²) in [5.74, 6) is -0.454. The van der Waals surface area contributed by atoms with Crippen LogP contribution in [0.2, 0.25) is 5.02 Å². The zero-order valence-corrected chi connectivity index (χ0v) is 16.5. The summed E-state index contributed by atoms with van der Waals surface area (Å²) in [5, 5.41) is 3.68. The third kappa shape index (κ3) is 3.73. The molecule has 0 bridgehead atoms. The molecule has 1 amide bonds. The van der Waals surface area contributed by atoms with Gasteiger partial charge >= 0.3 is 0 Å². The molecule has 26 heavy (non-hydrogen) atoms. The number of fused-ring (bicyclic) bond motifs is 1. The smallest absolute Gasteiger partial charge is 0.253 e. The molecule has 0 aliphatic carbocycles. The normalized spacial score (nSPS) is 11.8. The maximum Gasteiger partial charge on any atom is 0.253 e. The van der Waals surface area contributed by atoms with Gasteiger partial charge < -0.3 is 5.32 Å². The Bertz CT molecular complexity index is 1040. The molecular weight excluding hydrogens is 394 g/mol. The maximum atomic E-state index is 12.5. The van der Waals surface area contributed by atoms with Crippen molar-refractivity contribution in [1.29, 1.82) is 0 Å². The summed E-state index contributed by atoms with van der Waals surface area (Å²) in [6.45, 7) is 0.235. The van der Waals surface area contributed by atoms with Crippen LogP contribution in [-0.4, -0.2) is 37.7 Å². The van der Waals surface area contributed by atoms with Crippen LogP contribution >= 0.6 is 22.9 Å². The lowest BCUT2D eigenvalue weighted by molar-refractivity contribution is 0.0951. The summed E-state index contributed by atoms with van der Waals surface area (Å²) in [7, 11) is -0.795. The van der Waals surface area contributed by atoms with Crippen molar-refractivity contribution < 1.29 is 13.2 Å². The first kappa shape index (κ1) is 18.8. The van der Waals surface area contributed by atoms with Crippen LogP contribution in [0, 0.1) is 0 Å². The van der Waals surface area contributed by atoms with E-state index in [-0.39, 0.29) is 22.0 Å². The Morgan fingerprint density at radius 3 is 2.65 bits per heavy atom. The number of carbonyl (C=O) groups is 1. The molecule has 136 valence electrons. The molecule has 3 aromatic rings. The number of nitrogens with zero attached hydrogens (tertiary/aromatic N) is 2. The van der Waals surface area contributed by atoms with Crippen molar-refractivity contribution in [2.75, 3.05) is 14.1 Å². The largest absolute Gasteiger partial charge is 0.345 e. The van der Waals surface area contributed by atoms with E-state index in [2.05, 4.69) is 10.3 Å². The lowest BCUT2D eigenvalue weighted by atomic mass is 10.2. The Kier molecular flexibility index (Phi) is 5.29. The number of thiazole rings is 1. The first-order valence-corrected chi connectivity index (χ1v) is 10.3. The number of hydrogen-bond acceptors (Lipinski definition) is 5. The second kappa shape index (κ2) is 7.32. The highest BCUT2D eigenvalue weighted by atomic mass is 35.5. The van der Waals surface area contributed by atoms with Crippen LogP contribution < -0.4 is 5.32 Å². The van der Waals surface area contributed by atoms with Crippen molar-refractivity contribution in [3.8, 4) is 0 Å². The molecule has 0 spiro atoms. The molecule has 0 radical (unpaired) electrons. The fraction of sp³-hybridized carbons (Fsp3) is 0.176. The van der Waals surface area contributed by atoms with Crippen LogP contribution in [0.15, 0.2) is 47.4 Å². The molecule has 0 aliphatic heterocycles. The van der Waals surface area contributed by atoms with E-state index in [4.69, 9.17) is 11.6 Å². The van der Waals surface area contributed by atoms with Gasteiger partial charge in [0.05, 0.1) is 32.2 Å². The minimum absolute atomic E-state index is 0.0111. The van der Waals surface area contributed by atoms with Gasteiger partial charge in [0.1, 0.15) is 5.01 Å². The summed E-state index contributed by atoms with van der Waals surface area (Å²) < 4.78 is 26.6. The van der Waals surface area contributed by atoms with Gasteiger partial charge in [-0.15, -0.1) is 11.3 Å². The van der Waals surface area contributed by atoms with Gasteiger partial charge in [0.2, 0.25) is 10.0 Å². The molecule has 0 saturated heterocycles. The molecule has 6 nitrogen and oxygen atoms in total. The zero-order chi connectivity index (χ0) is 18.9. The van der Waals surface area contributed by atoms with E-state index in [0.717, 1.165) is 19.5 Å². The van der Waals surface area contributed by atoms with E-state index in [0.29, 0.717) is 0 Å². The lowest BCUT2D eigenvalue weighted by Gasteiger charge is -2.13. The van der Waals surface area contributed by atoms with E-state index < -0.39 is 15.9 Å². The summed E-state index contributed by atoms with van der Waals surface area (Å²) in [5.41, 5.74) is 0.981. The van der Waals surface area contributed by atoms with Crippen LogP contribution in [0.1, 0.15) is 15.4 Å². The van der Waals surface area contributed by atoms with Gasteiger partial charge in [-0.1, -0.05) is 23.7 Å². The maximum absolute atomic E-state index is 12.5. The molecule has 0 aliphatic rings. The molecule has 1 aromatic heterocycles. The second-order valence-electron chi connectivity index (χ2n) is 5.69. The highest BCUT2D eigenvalue weighted by Gasteiger charge is 2.20. The minimum atomic E-state index is -3.65. The Morgan fingerprint density at radius 2 is 1.96 bits per heavy atom. The van der Waals surface area contributed by atoms with Crippen molar-refractivity contribution in [1.82, 2.24) is 14.6 Å². The third-order valence-electron chi connectivity index (χ3n) is 3.70. The van der Waals surface area contributed by atoms with E-state index in [1.807, 2.05) is 24.3 Å². The summed E-state index contributed by atoms with van der Waals surface area (Å²) in [6, 6.07) is 11.8. The Labute approximate surface area is 160 Å². The van der Waals surface area contributed by atoms with Gasteiger partial charge in [-0.25, -0.2) is 17.7 Å². The van der Waals surface area contributed by atoms with Crippen LogP contribution in [0.25, 0.3) is 10.2 Å². The summed E-state index contributed by atoms with van der Waals surface area (Å²) in [4.78, 5) is 16.9. The standard InChI is InChI=1S/C17H16ClN3O3S2/c1-21(2)26(23,24)11-7-8-13(18)12(9-11)17(22)19-10-16-20-14-5-3-4-6-15(14)25-16/h3-9H,10H2,1-2H3,(H,19,22). The number of amides is 1. The summed E-state index contributed by atoms with van der Waals surface area (Å²) >= 11 is 7.57. The number of rotatable bonds is 5. The van der Waals surface area contributed by atoms with Crippen LogP contribution in [-0.2, 0) is 16.6 Å². The first-order chi connectivity index (χ1) is 12.3. The summed E-state index contributed by atoms with van der Waals surface area (Å²) in [6.07, 6.45) is 0. The molecule has 3 rings (SSSR count). The zero-order valence-electron chi connectivity index (χ0n) is 14.1. The molecular formula is C17H16ClN3O3S2. The molecule has 2 aromatic carbocycles. The SMILES string of the molecule is CN(C)S(=O)(=O)c1ccc(Cl)c(C(=O)NCc2nc3ccccc3s2)c1. The predicted molar refractivity (Wildman–Crippen MR) is 103 cm³/mol. The Balaban J connectivity index is 1.81. The number of aromatic nitrogens is 1. The molecule has 1 N–H and O–H groups in total. The van der Waals surface area contributed by atoms with Crippen molar-refractivity contribution in [2.45, 2.75) is 11.4 Å². The number of halogens is 1. The Morgan fingerprint density at radius 1 is 1.23 bits per heavy atom. The monoisotopic (exact) mass is 409 g/mol. The number of carbonyl (C=O) groups excluding carboxylic acids is 1. The van der Waals surface area contributed by atoms with Gasteiger partial charge in [0, 0.05) is 14.1 Å². The van der Waals surface area contributed by atoms with Gasteiger partial charge in [-0.3, -0.25) is 4.79 Å². The van der Waals surface area contributed by atoms with Crippen molar-refractivity contribution in [3.05, 3.63) is 58.1 Å². The minimum Gasteiger partial charge on any atom is -0.345 e. The fourth-order valence-electron chi connectivity index (χ4n) is 2.30. The number of hydrogen-bond donors (Lipinski definition) is 1. The van der Waals surface area contributed by atoms with Gasteiger partial charge in [-0.2, -0.15) is 0 Å². The molecule has 0 unspecified atom stereocenters. The van der Waals surface area contributed by atoms with Crippen LogP contribution in [0.3, 0.4) is 0 Å². The average molecular weight is 410 g/mol. The quantitative estimate of drug-likeness (QED) is 0.702. The molecule has 1 heterocycles. The van der Waals surface area contributed by atoms with Crippen molar-refractivity contribution in [2.24, 2.45) is 0 Å². The van der Waals surface area contributed by atoms with E-state index in [1.165, 1.54) is 43.6 Å². The Hall–Kier alpha value is -2.00. The number of nitrogens with one attached hydrogen (secondary N) is 1. The highest BCUT2D eigenvalue weighted by molar-refractivity contribution is 7.89. The number of para-hydroxylation sites is 1. The number of benzene rings is 2. The van der Waals surface area contributed by atoms with Gasteiger partial charge in [-0.05, 0) is 30.3 Å². The topological polar surface area (TPSA) is 79.4 Å². The first-order valence-electron chi connectivity index (χ1n) is 7.64. The third-order valence-corrected chi connectivity index (χ3v) is 6.88. The molecule has 9 heteroatoms. The van der Waals surface area contributed by atoms with E-state index in [9.17, 15) is 13.2 Å². The molecule has 0 atom stereocenters. The molecule has 0 saturated carbocycles. The fourth-order valence-corrected chi connectivity index (χ4v) is 4.34. The average Bonchev–Trinajstić information content (AvgIpc) is 3.02. The highest BCUT2D eigenvalue weighted by Crippen LogP contribution is 2.23. The predicted octanol–water partition coefficient (Wildman–Crippen LogP) is 3.13.